The van der Waals surface area contributed by atoms with Crippen LogP contribution in [0.25, 0.3) is 0 Å². The summed E-state index contributed by atoms with van der Waals surface area (Å²) in [6.07, 6.45) is 4.30. The molecule has 0 unspecified atom stereocenters. The fourth-order valence-electron chi connectivity index (χ4n) is 17.0. The van der Waals surface area contributed by atoms with Gasteiger partial charge in [0.25, 0.3) is 0 Å². The Morgan fingerprint density at radius 2 is 0.369 bits per heavy atom. The molecule has 0 heterocycles. The molecule has 0 aliphatic heterocycles. The molecular weight excluding hydrogens is 1870 g/mol. The zero-order valence-corrected chi connectivity index (χ0v) is 85.8. The van der Waals surface area contributed by atoms with Crippen LogP contribution in [0.2, 0.25) is 0 Å². The van der Waals surface area contributed by atoms with Gasteiger partial charge in [-0.15, -0.1) is 0 Å². The summed E-state index contributed by atoms with van der Waals surface area (Å²) >= 11 is 0. The molecule has 0 spiro atoms. The van der Waals surface area contributed by atoms with Crippen LogP contribution < -0.4 is 0 Å². The second-order valence-corrected chi connectivity index (χ2v) is 37.6. The topological polar surface area (TPSA) is 405 Å². The molecule has 0 fully saturated rings. The summed E-state index contributed by atoms with van der Waals surface area (Å²) in [4.78, 5) is 0. The standard InChI is InChI=1S/C21H20O2.C19H16O3.2C17H20O2.C15H16O2.C14H14O3.C13H12O4.C13H12O2/c1-14-12-17(8-10-19(14)22)21(16-6-4-3-5-7-16)18-9-11-20(23)15(2)13-18;20-16-7-1-13(2-8-16)19(14-3-9-17(21)10-4-14)15-5-11-18(22)12-6-15;1-10-7-16(18)12(3)5-14(10)9-15-6-13(4)17(19)8-11(15)2;1-10-5-14(6-11(2)16(10)18)9-15-7-12(3)17(19)13(4)8-15;1-10-7-12(3-5-14(10)16)9-13-4-6-15(17)11(2)8-13;1-9-6-13(16)14(17)8-11(9)7-10-2-4-12(15)5-3-10;14-10-4-1-8(2-5-10)7-9-3-6-11(15)13(17)12(9)16;14-12-5-1-10(2-6-12)9-11-3-7-13(15)8-4-11/h3-13,21-23H,1-2H3;1-12,19-22H;2*5-8,18-19H,9H2,1-4H3;3-8,16-17H,9H2,1-2H3;2-6,8,15-17H,7H2,1H3;1-6,14-17H,7H2;1-8,14-15H,9H2. The number of phenolic OH excluding ortho intramolecular Hbond substituents is 20. The van der Waals surface area contributed by atoms with Crippen LogP contribution in [0.15, 0.2) is 346 Å². The van der Waals surface area contributed by atoms with Crippen LogP contribution in [0.5, 0.6) is 115 Å². The lowest BCUT2D eigenvalue weighted by Crippen LogP contribution is -2.04. The first-order chi connectivity index (χ1) is 70.9. The molecule has 0 saturated heterocycles. The Bertz CT molecular complexity index is 7080. The number of aryl methyl sites for hydroxylation is 13. The van der Waals surface area contributed by atoms with Gasteiger partial charge in [-0.3, -0.25) is 0 Å². The fraction of sp³-hybridized carbons (Fsp3) is 0.163. The van der Waals surface area contributed by atoms with Crippen molar-refractivity contribution in [2.75, 3.05) is 0 Å². The molecule has 20 heteroatoms. The van der Waals surface area contributed by atoms with Crippen molar-refractivity contribution < 1.29 is 102 Å². The predicted octanol–water partition coefficient (Wildman–Crippen LogP) is 27.5. The molecule has 0 aromatic heterocycles. The Morgan fingerprint density at radius 1 is 0.134 bits per heavy atom. The van der Waals surface area contributed by atoms with Gasteiger partial charge in [-0.25, -0.2) is 0 Å². The molecule has 0 saturated carbocycles. The Balaban J connectivity index is 0.000000162. The number of aromatic hydroxyl groups is 20. The molecule has 0 amide bonds. The van der Waals surface area contributed by atoms with Gasteiger partial charge in [-0.2, -0.15) is 0 Å². The number of hydrogen-bond donors (Lipinski definition) is 20. The highest BCUT2D eigenvalue weighted by Crippen LogP contribution is 2.42. The normalized spacial score (nSPS) is 10.6. The van der Waals surface area contributed by atoms with Gasteiger partial charge in [0.2, 0.25) is 5.75 Å². The maximum absolute atomic E-state index is 9.81. The highest BCUT2D eigenvalue weighted by molar-refractivity contribution is 5.58. The van der Waals surface area contributed by atoms with E-state index in [1.807, 2.05) is 278 Å². The van der Waals surface area contributed by atoms with Crippen LogP contribution in [0.4, 0.5) is 0 Å². The monoisotopic (exact) mass is 2000 g/mol. The average Bonchev–Trinajstić information content (AvgIpc) is 0.793. The van der Waals surface area contributed by atoms with Gasteiger partial charge in [0.1, 0.15) is 86.2 Å². The molecule has 20 nitrogen and oxygen atoms in total. The van der Waals surface area contributed by atoms with Crippen LogP contribution >= 0.6 is 0 Å². The number of rotatable bonds is 18. The molecule has 18 aromatic rings. The lowest BCUT2D eigenvalue weighted by atomic mass is 9.84. The van der Waals surface area contributed by atoms with E-state index in [9.17, 15) is 86.8 Å². The number of hydrogen-bond acceptors (Lipinski definition) is 20. The summed E-state index contributed by atoms with van der Waals surface area (Å²) in [5.41, 5.74) is 31.2. The van der Waals surface area contributed by atoms with Crippen molar-refractivity contribution >= 4 is 0 Å². The first kappa shape index (κ1) is 111. The number of phenols is 20. The van der Waals surface area contributed by atoms with Crippen LogP contribution in [0.1, 0.15) is 184 Å². The van der Waals surface area contributed by atoms with E-state index >= 15 is 0 Å². The maximum atomic E-state index is 9.81. The Morgan fingerprint density at radius 3 is 0.705 bits per heavy atom. The van der Waals surface area contributed by atoms with E-state index in [2.05, 4.69) is 12.1 Å². The zero-order chi connectivity index (χ0) is 108. The van der Waals surface area contributed by atoms with Crippen molar-refractivity contribution in [3.63, 3.8) is 0 Å². The second kappa shape index (κ2) is 52.0. The van der Waals surface area contributed by atoms with Gasteiger partial charge < -0.3 is 102 Å². The van der Waals surface area contributed by atoms with Crippen molar-refractivity contribution in [3.05, 3.63) is 518 Å². The first-order valence-electron chi connectivity index (χ1n) is 48.5. The molecule has 20 N–H and O–H groups in total. The van der Waals surface area contributed by atoms with E-state index in [1.165, 1.54) is 39.9 Å². The Hall–Kier alpha value is -18.0. The van der Waals surface area contributed by atoms with E-state index < -0.39 is 5.75 Å². The minimum absolute atomic E-state index is 0.0400. The summed E-state index contributed by atoms with van der Waals surface area (Å²) in [6, 6.07) is 104. The van der Waals surface area contributed by atoms with Gasteiger partial charge in [-0.1, -0.05) is 206 Å². The van der Waals surface area contributed by atoms with Crippen LogP contribution in [0, 0.1) is 90.0 Å². The molecule has 0 bridgehead atoms. The third-order valence-corrected chi connectivity index (χ3v) is 25.6. The highest BCUT2D eigenvalue weighted by atomic mass is 16.3. The summed E-state index contributed by atoms with van der Waals surface area (Å²) < 4.78 is 0. The Kier molecular flexibility index (Phi) is 38.8. The van der Waals surface area contributed by atoms with E-state index in [0.29, 0.717) is 64.4 Å². The molecular formula is C129H130O20. The molecule has 0 aliphatic carbocycles. The van der Waals surface area contributed by atoms with E-state index in [1.54, 1.807) is 133 Å². The summed E-state index contributed by atoms with van der Waals surface area (Å²) in [7, 11) is 0. The SMILES string of the molecule is Cc1cc(C(c2ccccc2)c2ccc(O)c(C)c2)ccc1O.Cc1cc(Cc2cc(C)c(O)c(C)c2)cc(C)c1O.Cc1cc(Cc2cc(C)c(O)cc2C)c(C)cc1O.Cc1cc(Cc2ccc(O)c(C)c2)ccc1O.Cc1cc(O)c(O)cc1Cc1ccc(O)cc1.Oc1ccc(C(c2ccc(O)cc2)c2ccc(O)cc2)cc1.Oc1ccc(Cc2ccc(O)c(O)c2O)cc1.Oc1ccc(Cc2ccc(O)cc2)cc1. The summed E-state index contributed by atoms with van der Waals surface area (Å²) in [5, 5.41) is 190. The molecule has 18 rings (SSSR count). The van der Waals surface area contributed by atoms with Gasteiger partial charge in [0.15, 0.2) is 23.0 Å². The molecule has 149 heavy (non-hydrogen) atoms. The molecule has 18 aromatic carbocycles. The van der Waals surface area contributed by atoms with Gasteiger partial charge in [-0.05, 0) is 429 Å². The quantitative estimate of drug-likeness (QED) is 0.0280. The maximum Gasteiger partial charge on any atom is 0.200 e. The fourth-order valence-corrected chi connectivity index (χ4v) is 17.0. The summed E-state index contributed by atoms with van der Waals surface area (Å²) in [6.45, 7) is 25.0. The van der Waals surface area contributed by atoms with E-state index in [0.717, 1.165) is 165 Å². The third-order valence-electron chi connectivity index (χ3n) is 25.6. The minimum Gasteiger partial charge on any atom is -0.508 e. The van der Waals surface area contributed by atoms with Crippen molar-refractivity contribution in [1.29, 1.82) is 0 Å². The van der Waals surface area contributed by atoms with Gasteiger partial charge in [0.05, 0.1) is 0 Å². The van der Waals surface area contributed by atoms with Gasteiger partial charge >= 0.3 is 0 Å². The van der Waals surface area contributed by atoms with Crippen molar-refractivity contribution in [2.24, 2.45) is 0 Å². The highest BCUT2D eigenvalue weighted by Gasteiger charge is 2.22. The molecule has 0 aliphatic rings. The minimum atomic E-state index is -0.513. The third kappa shape index (κ3) is 32.2. The van der Waals surface area contributed by atoms with Gasteiger partial charge in [0, 0.05) is 23.8 Å². The second-order valence-electron chi connectivity index (χ2n) is 37.6. The molecule has 0 radical (unpaired) electrons. The van der Waals surface area contributed by atoms with Crippen molar-refractivity contribution in [3.8, 4) is 115 Å². The lowest BCUT2D eigenvalue weighted by molar-refractivity contribution is 0.365. The predicted molar refractivity (Wildman–Crippen MR) is 590 cm³/mol. The van der Waals surface area contributed by atoms with Crippen molar-refractivity contribution in [2.45, 2.75) is 140 Å². The van der Waals surface area contributed by atoms with Crippen molar-refractivity contribution in [1.82, 2.24) is 0 Å². The number of benzene rings is 18. The largest absolute Gasteiger partial charge is 0.508 e. The summed E-state index contributed by atoms with van der Waals surface area (Å²) in [5.74, 6) is 2.99. The molecule has 0 atom stereocenters. The average molecular weight is 2000 g/mol. The smallest absolute Gasteiger partial charge is 0.200 e. The van der Waals surface area contributed by atoms with Crippen LogP contribution in [-0.4, -0.2) is 102 Å². The Labute approximate surface area is 870 Å². The van der Waals surface area contributed by atoms with E-state index in [4.69, 9.17) is 15.3 Å². The van der Waals surface area contributed by atoms with Crippen LogP contribution in [0.3, 0.4) is 0 Å². The van der Waals surface area contributed by atoms with E-state index in [-0.39, 0.29) is 75.1 Å². The lowest BCUT2D eigenvalue weighted by Gasteiger charge is -2.20. The first-order valence-corrected chi connectivity index (χ1v) is 48.5. The van der Waals surface area contributed by atoms with Crippen LogP contribution in [-0.2, 0) is 38.5 Å². The zero-order valence-electron chi connectivity index (χ0n) is 85.8. The molecule has 766 valence electrons.